The maximum atomic E-state index is 11.5. The van der Waals surface area contributed by atoms with Gasteiger partial charge in [0.25, 0.3) is 0 Å². The molecule has 0 radical (unpaired) electrons. The second-order valence-corrected chi connectivity index (χ2v) is 4.26. The predicted molar refractivity (Wildman–Crippen MR) is 65.0 cm³/mol. The number of esters is 1. The molecule has 0 aliphatic rings. The van der Waals surface area contributed by atoms with Gasteiger partial charge in [0.2, 0.25) is 0 Å². The van der Waals surface area contributed by atoms with Gasteiger partial charge in [-0.3, -0.25) is 4.68 Å². The van der Waals surface area contributed by atoms with Crippen LogP contribution in [0.2, 0.25) is 0 Å². The third kappa shape index (κ3) is 5.24. The average molecular weight is 256 g/mol. The Hall–Kier alpha value is -1.47. The highest BCUT2D eigenvalue weighted by Gasteiger charge is 2.11. The molecule has 0 atom stereocenters. The van der Waals surface area contributed by atoms with Crippen LogP contribution in [0, 0.1) is 5.92 Å². The Morgan fingerprint density at radius 1 is 1.50 bits per heavy atom. The molecule has 0 saturated heterocycles. The lowest BCUT2D eigenvalue weighted by Crippen LogP contribution is -2.13. The standard InChI is InChI=1S/C11H20N4O3/c1-9(2)8-17-5-6-18-11(16)10-7-15(4-3-12)14-13-10/h7,9H,3-6,8,12H2,1-2H3. The molecule has 0 aromatic carbocycles. The number of carbonyl (C=O) groups is 1. The number of hydrogen-bond donors (Lipinski definition) is 1. The molecule has 0 amide bonds. The minimum Gasteiger partial charge on any atom is -0.458 e. The number of ether oxygens (including phenoxy) is 2. The zero-order valence-corrected chi connectivity index (χ0v) is 10.8. The number of rotatable bonds is 8. The predicted octanol–water partition coefficient (Wildman–Crippen LogP) is 0.0662. The molecule has 1 aromatic heterocycles. The van der Waals surface area contributed by atoms with Crippen LogP contribution in [0.4, 0.5) is 0 Å². The van der Waals surface area contributed by atoms with Gasteiger partial charge in [0.1, 0.15) is 6.61 Å². The Morgan fingerprint density at radius 2 is 2.28 bits per heavy atom. The highest BCUT2D eigenvalue weighted by Crippen LogP contribution is 1.97. The van der Waals surface area contributed by atoms with Gasteiger partial charge in [0.15, 0.2) is 5.69 Å². The van der Waals surface area contributed by atoms with Crippen LogP contribution in [-0.4, -0.2) is 47.3 Å². The average Bonchev–Trinajstić information content (AvgIpc) is 2.77. The number of nitrogens with two attached hydrogens (primary N) is 1. The van der Waals surface area contributed by atoms with Gasteiger partial charge >= 0.3 is 5.97 Å². The first kappa shape index (κ1) is 14.6. The van der Waals surface area contributed by atoms with Crippen molar-refractivity contribution in [2.75, 3.05) is 26.4 Å². The fourth-order valence-corrected chi connectivity index (χ4v) is 1.22. The monoisotopic (exact) mass is 256 g/mol. The third-order valence-corrected chi connectivity index (χ3v) is 2.02. The first-order valence-electron chi connectivity index (χ1n) is 5.98. The first-order chi connectivity index (χ1) is 8.63. The van der Waals surface area contributed by atoms with Crippen LogP contribution in [-0.2, 0) is 16.0 Å². The van der Waals surface area contributed by atoms with Crippen molar-refractivity contribution in [2.24, 2.45) is 11.7 Å². The fraction of sp³-hybridized carbons (Fsp3) is 0.727. The molecule has 0 spiro atoms. The van der Waals surface area contributed by atoms with E-state index < -0.39 is 5.97 Å². The Labute approximate surface area is 106 Å². The molecule has 1 rings (SSSR count). The van der Waals surface area contributed by atoms with Crippen molar-refractivity contribution in [3.8, 4) is 0 Å². The zero-order chi connectivity index (χ0) is 13.4. The summed E-state index contributed by atoms with van der Waals surface area (Å²) in [7, 11) is 0. The minimum atomic E-state index is -0.494. The van der Waals surface area contributed by atoms with E-state index in [2.05, 4.69) is 24.2 Å². The van der Waals surface area contributed by atoms with Crippen LogP contribution >= 0.6 is 0 Å². The molecule has 0 aliphatic heterocycles. The lowest BCUT2D eigenvalue weighted by atomic mass is 10.2. The molecule has 7 heteroatoms. The van der Waals surface area contributed by atoms with Gasteiger partial charge in [-0.1, -0.05) is 19.1 Å². The smallest absolute Gasteiger partial charge is 0.360 e. The van der Waals surface area contributed by atoms with Crippen molar-refractivity contribution >= 4 is 5.97 Å². The third-order valence-electron chi connectivity index (χ3n) is 2.02. The summed E-state index contributed by atoms with van der Waals surface area (Å²) < 4.78 is 11.8. The van der Waals surface area contributed by atoms with Crippen molar-refractivity contribution in [1.82, 2.24) is 15.0 Å². The fourth-order valence-electron chi connectivity index (χ4n) is 1.22. The molecule has 18 heavy (non-hydrogen) atoms. The van der Waals surface area contributed by atoms with Crippen LogP contribution in [0.5, 0.6) is 0 Å². The van der Waals surface area contributed by atoms with E-state index in [0.29, 0.717) is 32.2 Å². The number of nitrogens with zero attached hydrogens (tertiary/aromatic N) is 3. The normalized spacial score (nSPS) is 10.9. The molecule has 2 N–H and O–H groups in total. The summed E-state index contributed by atoms with van der Waals surface area (Å²) in [6.07, 6.45) is 1.52. The van der Waals surface area contributed by atoms with Crippen LogP contribution < -0.4 is 5.73 Å². The van der Waals surface area contributed by atoms with E-state index in [1.54, 1.807) is 0 Å². The van der Waals surface area contributed by atoms with Gasteiger partial charge in [-0.25, -0.2) is 4.79 Å². The summed E-state index contributed by atoms with van der Waals surface area (Å²) in [5.41, 5.74) is 5.55. The quantitative estimate of drug-likeness (QED) is 0.522. The summed E-state index contributed by atoms with van der Waals surface area (Å²) in [6, 6.07) is 0. The molecule has 1 aromatic rings. The van der Waals surface area contributed by atoms with Crippen molar-refractivity contribution in [3.63, 3.8) is 0 Å². The second kappa shape index (κ2) is 7.78. The highest BCUT2D eigenvalue weighted by atomic mass is 16.6. The second-order valence-electron chi connectivity index (χ2n) is 4.26. The minimum absolute atomic E-state index is 0.187. The van der Waals surface area contributed by atoms with Gasteiger partial charge in [-0.2, -0.15) is 0 Å². The van der Waals surface area contributed by atoms with Crippen molar-refractivity contribution in [3.05, 3.63) is 11.9 Å². The van der Waals surface area contributed by atoms with Gasteiger partial charge in [-0.05, 0) is 5.92 Å². The summed E-state index contributed by atoms with van der Waals surface area (Å²) in [4.78, 5) is 11.5. The van der Waals surface area contributed by atoms with E-state index in [-0.39, 0.29) is 12.3 Å². The van der Waals surface area contributed by atoms with E-state index in [1.807, 2.05) is 0 Å². The van der Waals surface area contributed by atoms with E-state index in [0.717, 1.165) is 0 Å². The molecule has 0 bridgehead atoms. The molecule has 0 fully saturated rings. The number of aromatic nitrogens is 3. The lowest BCUT2D eigenvalue weighted by molar-refractivity contribution is 0.0272. The molecular weight excluding hydrogens is 236 g/mol. The molecule has 0 aliphatic carbocycles. The van der Waals surface area contributed by atoms with E-state index in [1.165, 1.54) is 10.9 Å². The SMILES string of the molecule is CC(C)COCCOC(=O)c1cn(CCN)nn1. The Kier molecular flexibility index (Phi) is 6.31. The van der Waals surface area contributed by atoms with Crippen molar-refractivity contribution < 1.29 is 14.3 Å². The Morgan fingerprint density at radius 3 is 2.94 bits per heavy atom. The summed E-state index contributed by atoms with van der Waals surface area (Å²) in [6.45, 7) is 6.35. The van der Waals surface area contributed by atoms with Gasteiger partial charge in [0, 0.05) is 13.2 Å². The summed E-state index contributed by atoms with van der Waals surface area (Å²) in [5, 5.41) is 7.45. The van der Waals surface area contributed by atoms with Crippen LogP contribution in [0.1, 0.15) is 24.3 Å². The summed E-state index contributed by atoms with van der Waals surface area (Å²) in [5.74, 6) is -0.0247. The van der Waals surface area contributed by atoms with Gasteiger partial charge < -0.3 is 15.2 Å². The van der Waals surface area contributed by atoms with Crippen LogP contribution in [0.25, 0.3) is 0 Å². The van der Waals surface area contributed by atoms with E-state index >= 15 is 0 Å². The molecule has 7 nitrogen and oxygen atoms in total. The van der Waals surface area contributed by atoms with Crippen molar-refractivity contribution in [1.29, 1.82) is 0 Å². The molecule has 0 saturated carbocycles. The van der Waals surface area contributed by atoms with Crippen LogP contribution in [0.15, 0.2) is 6.20 Å². The largest absolute Gasteiger partial charge is 0.458 e. The molecule has 102 valence electrons. The molecular formula is C11H20N4O3. The Bertz CT molecular complexity index is 365. The highest BCUT2D eigenvalue weighted by molar-refractivity contribution is 5.86. The number of carbonyl (C=O) groups excluding carboxylic acids is 1. The number of hydrogen-bond acceptors (Lipinski definition) is 6. The molecule has 1 heterocycles. The maximum Gasteiger partial charge on any atom is 0.360 e. The van der Waals surface area contributed by atoms with E-state index in [9.17, 15) is 4.79 Å². The van der Waals surface area contributed by atoms with Gasteiger partial charge in [-0.15, -0.1) is 5.10 Å². The van der Waals surface area contributed by atoms with Gasteiger partial charge in [0.05, 0.1) is 19.3 Å². The topological polar surface area (TPSA) is 92.3 Å². The van der Waals surface area contributed by atoms with Crippen LogP contribution in [0.3, 0.4) is 0 Å². The molecule has 0 unspecified atom stereocenters. The lowest BCUT2D eigenvalue weighted by Gasteiger charge is -2.06. The van der Waals surface area contributed by atoms with Crippen molar-refractivity contribution in [2.45, 2.75) is 20.4 Å². The Balaban J connectivity index is 2.23. The first-order valence-corrected chi connectivity index (χ1v) is 5.98. The zero-order valence-electron chi connectivity index (χ0n) is 10.8. The van der Waals surface area contributed by atoms with E-state index in [4.69, 9.17) is 15.2 Å². The maximum absolute atomic E-state index is 11.5. The summed E-state index contributed by atoms with van der Waals surface area (Å²) >= 11 is 0.